The van der Waals surface area contributed by atoms with Gasteiger partial charge in [0.15, 0.2) is 0 Å². The SMILES string of the molecule is Cc1nc(-c2ncn3c2Cc2cn(C(C)C)nc2-c2cc(Cl)ccc2-3)no1. The van der Waals surface area contributed by atoms with Crippen LogP contribution >= 0.6 is 11.6 Å². The van der Waals surface area contributed by atoms with Gasteiger partial charge in [0.2, 0.25) is 11.7 Å². The Morgan fingerprint density at radius 1 is 1.22 bits per heavy atom. The molecule has 3 aromatic heterocycles. The quantitative estimate of drug-likeness (QED) is 0.458. The molecule has 1 aliphatic heterocycles. The van der Waals surface area contributed by atoms with Crippen LogP contribution in [0.4, 0.5) is 0 Å². The van der Waals surface area contributed by atoms with E-state index in [-0.39, 0.29) is 6.04 Å². The number of aromatic nitrogens is 6. The zero-order valence-electron chi connectivity index (χ0n) is 15.1. The molecule has 0 aliphatic carbocycles. The van der Waals surface area contributed by atoms with Crippen LogP contribution in [0.3, 0.4) is 0 Å². The summed E-state index contributed by atoms with van der Waals surface area (Å²) >= 11 is 6.30. The summed E-state index contributed by atoms with van der Waals surface area (Å²) in [6.07, 6.45) is 4.56. The van der Waals surface area contributed by atoms with E-state index in [1.807, 2.05) is 22.9 Å². The van der Waals surface area contributed by atoms with Gasteiger partial charge in [-0.1, -0.05) is 16.8 Å². The Bertz CT molecular complexity index is 1170. The zero-order valence-corrected chi connectivity index (χ0v) is 15.9. The fourth-order valence-corrected chi connectivity index (χ4v) is 3.64. The van der Waals surface area contributed by atoms with Crippen molar-refractivity contribution < 1.29 is 4.52 Å². The second kappa shape index (κ2) is 5.79. The van der Waals surface area contributed by atoms with Crippen LogP contribution < -0.4 is 0 Å². The van der Waals surface area contributed by atoms with Crippen molar-refractivity contribution in [2.45, 2.75) is 33.2 Å². The van der Waals surface area contributed by atoms with E-state index in [4.69, 9.17) is 21.2 Å². The third-order valence-corrected chi connectivity index (χ3v) is 5.01. The summed E-state index contributed by atoms with van der Waals surface area (Å²) < 4.78 is 9.21. The van der Waals surface area contributed by atoms with Gasteiger partial charge >= 0.3 is 0 Å². The number of nitrogens with zero attached hydrogens (tertiary/aromatic N) is 6. The Morgan fingerprint density at radius 2 is 2.07 bits per heavy atom. The van der Waals surface area contributed by atoms with Crippen molar-refractivity contribution in [1.29, 1.82) is 0 Å². The summed E-state index contributed by atoms with van der Waals surface area (Å²) in [5.74, 6) is 1.01. The van der Waals surface area contributed by atoms with Gasteiger partial charge in [-0.25, -0.2) is 4.98 Å². The number of benzene rings is 1. The molecule has 0 saturated carbocycles. The summed E-state index contributed by atoms with van der Waals surface area (Å²) in [6, 6.07) is 6.11. The Balaban J connectivity index is 1.79. The molecule has 0 fully saturated rings. The summed E-state index contributed by atoms with van der Waals surface area (Å²) in [6.45, 7) is 6.00. The van der Waals surface area contributed by atoms with Gasteiger partial charge in [0.1, 0.15) is 12.0 Å². The average molecular weight is 381 g/mol. The van der Waals surface area contributed by atoms with Crippen molar-refractivity contribution in [2.24, 2.45) is 0 Å². The predicted octanol–water partition coefficient (Wildman–Crippen LogP) is 4.23. The molecule has 8 heteroatoms. The first-order chi connectivity index (χ1) is 13.0. The standard InChI is InChI=1S/C19H17ClN6O/c1-10(2)26-8-12-6-16-18(19-22-11(3)27-24-19)21-9-25(16)15-5-4-13(20)7-14(15)17(12)23-26/h4-5,7-10H,6H2,1-3H3. The van der Waals surface area contributed by atoms with Crippen LogP contribution in [0.5, 0.6) is 0 Å². The lowest BCUT2D eigenvalue weighted by atomic mass is 10.0. The number of rotatable bonds is 2. The maximum absolute atomic E-state index is 6.30. The Kier molecular flexibility index (Phi) is 3.48. The Hall–Kier alpha value is -2.93. The minimum atomic E-state index is 0.267. The number of aryl methyl sites for hydroxylation is 1. The molecule has 0 saturated heterocycles. The lowest BCUT2D eigenvalue weighted by Gasteiger charge is -2.10. The Labute approximate surface area is 160 Å². The molecule has 0 unspecified atom stereocenters. The normalized spacial score (nSPS) is 12.6. The van der Waals surface area contributed by atoms with Crippen LogP contribution in [0.1, 0.15) is 37.0 Å². The second-order valence-corrected chi connectivity index (χ2v) is 7.40. The second-order valence-electron chi connectivity index (χ2n) is 6.96. The number of hydrogen-bond acceptors (Lipinski definition) is 5. The van der Waals surface area contributed by atoms with Gasteiger partial charge in [-0.15, -0.1) is 0 Å². The first-order valence-electron chi connectivity index (χ1n) is 8.76. The van der Waals surface area contributed by atoms with Crippen LogP contribution in [-0.2, 0) is 6.42 Å². The number of halogens is 1. The van der Waals surface area contributed by atoms with E-state index in [0.717, 1.165) is 33.9 Å². The highest BCUT2D eigenvalue weighted by molar-refractivity contribution is 6.31. The fraction of sp³-hybridized carbons (Fsp3) is 0.263. The molecular weight excluding hydrogens is 364 g/mol. The van der Waals surface area contributed by atoms with Crippen molar-refractivity contribution in [2.75, 3.05) is 0 Å². The largest absolute Gasteiger partial charge is 0.339 e. The molecule has 0 atom stereocenters. The fourth-order valence-electron chi connectivity index (χ4n) is 3.47. The van der Waals surface area contributed by atoms with Crippen molar-refractivity contribution in [3.05, 3.63) is 52.9 Å². The van der Waals surface area contributed by atoms with E-state index in [0.29, 0.717) is 23.2 Å². The lowest BCUT2D eigenvalue weighted by Crippen LogP contribution is -2.03. The van der Waals surface area contributed by atoms with Crippen LogP contribution in [0.15, 0.2) is 35.2 Å². The summed E-state index contributed by atoms with van der Waals surface area (Å²) in [7, 11) is 0. The van der Waals surface area contributed by atoms with E-state index in [9.17, 15) is 0 Å². The molecule has 5 rings (SSSR count). The molecular formula is C19H17ClN6O. The number of hydrogen-bond donors (Lipinski definition) is 0. The van der Waals surface area contributed by atoms with Gasteiger partial charge < -0.3 is 9.09 Å². The maximum Gasteiger partial charge on any atom is 0.223 e. The van der Waals surface area contributed by atoms with Crippen LogP contribution in [0.25, 0.3) is 28.5 Å². The van der Waals surface area contributed by atoms with E-state index >= 15 is 0 Å². The van der Waals surface area contributed by atoms with E-state index in [1.165, 1.54) is 0 Å². The van der Waals surface area contributed by atoms with Gasteiger partial charge in [-0.2, -0.15) is 10.1 Å². The molecule has 1 aromatic carbocycles. The molecule has 7 nitrogen and oxygen atoms in total. The molecule has 0 bridgehead atoms. The van der Waals surface area contributed by atoms with E-state index in [1.54, 1.807) is 13.3 Å². The molecule has 0 N–H and O–H groups in total. The molecule has 27 heavy (non-hydrogen) atoms. The van der Waals surface area contributed by atoms with Crippen molar-refractivity contribution in [3.63, 3.8) is 0 Å². The summed E-state index contributed by atoms with van der Waals surface area (Å²) in [4.78, 5) is 8.93. The highest BCUT2D eigenvalue weighted by atomic mass is 35.5. The molecule has 0 amide bonds. The molecule has 0 radical (unpaired) electrons. The van der Waals surface area contributed by atoms with Crippen molar-refractivity contribution in [1.82, 2.24) is 29.5 Å². The molecule has 4 aromatic rings. The monoisotopic (exact) mass is 380 g/mol. The first kappa shape index (κ1) is 16.3. The maximum atomic E-state index is 6.30. The van der Waals surface area contributed by atoms with Gasteiger partial charge in [0, 0.05) is 41.7 Å². The predicted molar refractivity (Wildman–Crippen MR) is 101 cm³/mol. The van der Waals surface area contributed by atoms with Gasteiger partial charge in [0.25, 0.3) is 0 Å². The lowest BCUT2D eigenvalue weighted by molar-refractivity contribution is 0.394. The number of fused-ring (bicyclic) bond motifs is 5. The number of imidazole rings is 1. The van der Waals surface area contributed by atoms with Crippen LogP contribution in [0.2, 0.25) is 5.02 Å². The van der Waals surface area contributed by atoms with Crippen molar-refractivity contribution in [3.8, 4) is 28.5 Å². The minimum Gasteiger partial charge on any atom is -0.339 e. The van der Waals surface area contributed by atoms with E-state index in [2.05, 4.69) is 39.7 Å². The van der Waals surface area contributed by atoms with Gasteiger partial charge in [-0.05, 0) is 32.0 Å². The van der Waals surface area contributed by atoms with Gasteiger partial charge in [-0.3, -0.25) is 4.68 Å². The highest BCUT2D eigenvalue weighted by Crippen LogP contribution is 2.38. The topological polar surface area (TPSA) is 74.6 Å². The van der Waals surface area contributed by atoms with Gasteiger partial charge in [0.05, 0.1) is 17.1 Å². The first-order valence-corrected chi connectivity index (χ1v) is 9.14. The molecule has 0 spiro atoms. The van der Waals surface area contributed by atoms with E-state index < -0.39 is 0 Å². The highest BCUT2D eigenvalue weighted by Gasteiger charge is 2.27. The third kappa shape index (κ3) is 2.49. The summed E-state index contributed by atoms with van der Waals surface area (Å²) in [5, 5.41) is 9.57. The molecule has 4 heterocycles. The zero-order chi connectivity index (χ0) is 18.7. The third-order valence-electron chi connectivity index (χ3n) is 4.77. The van der Waals surface area contributed by atoms with Crippen LogP contribution in [0, 0.1) is 6.92 Å². The smallest absolute Gasteiger partial charge is 0.223 e. The van der Waals surface area contributed by atoms with Crippen LogP contribution in [-0.4, -0.2) is 29.5 Å². The summed E-state index contributed by atoms with van der Waals surface area (Å²) in [5.41, 5.74) is 5.76. The minimum absolute atomic E-state index is 0.267. The molecule has 1 aliphatic rings. The Morgan fingerprint density at radius 3 is 2.81 bits per heavy atom. The average Bonchev–Trinajstić information content (AvgIpc) is 3.32. The van der Waals surface area contributed by atoms with Crippen molar-refractivity contribution >= 4 is 11.6 Å². The molecule has 136 valence electrons.